The molecule has 0 heterocycles. The van der Waals surface area contributed by atoms with Crippen molar-refractivity contribution in [1.29, 1.82) is 0 Å². The summed E-state index contributed by atoms with van der Waals surface area (Å²) in [5.41, 5.74) is 0.595. The van der Waals surface area contributed by atoms with Gasteiger partial charge < -0.3 is 15.2 Å². The first-order chi connectivity index (χ1) is 8.86. The van der Waals surface area contributed by atoms with Gasteiger partial charge in [0.15, 0.2) is 0 Å². The van der Waals surface area contributed by atoms with E-state index in [2.05, 4.69) is 5.32 Å². The quantitative estimate of drug-likeness (QED) is 0.814. The molecule has 0 atom stereocenters. The molecule has 1 aromatic rings. The van der Waals surface area contributed by atoms with Crippen LogP contribution in [0.3, 0.4) is 0 Å². The number of carboxylic acids is 1. The van der Waals surface area contributed by atoms with Crippen molar-refractivity contribution in [2.24, 2.45) is 0 Å². The summed E-state index contributed by atoms with van der Waals surface area (Å²) in [6, 6.07) is 7.15. The number of amides is 1. The van der Waals surface area contributed by atoms with Crippen molar-refractivity contribution in [3.05, 3.63) is 35.4 Å². The molecule has 1 amide bonds. The van der Waals surface area contributed by atoms with Gasteiger partial charge in [0.1, 0.15) is 5.60 Å². The van der Waals surface area contributed by atoms with E-state index in [9.17, 15) is 9.59 Å². The fourth-order valence-corrected chi connectivity index (χ4v) is 1.55. The zero-order valence-electron chi connectivity index (χ0n) is 11.4. The minimum Gasteiger partial charge on any atom is -0.481 e. The maximum absolute atomic E-state index is 11.9. The van der Waals surface area contributed by atoms with E-state index in [1.54, 1.807) is 32.0 Å². The molecule has 5 nitrogen and oxygen atoms in total. The second kappa shape index (κ2) is 6.33. The molecule has 0 unspecified atom stereocenters. The number of rotatable bonds is 6. The normalized spacial score (nSPS) is 11.1. The number of benzene rings is 1. The molecule has 0 saturated carbocycles. The minimum absolute atomic E-state index is 0.0558. The van der Waals surface area contributed by atoms with Crippen LogP contribution in [0.25, 0.3) is 0 Å². The monoisotopic (exact) mass is 265 g/mol. The number of carboxylic acid groups (broad SMARTS) is 1. The van der Waals surface area contributed by atoms with Crippen LogP contribution in [0.4, 0.5) is 0 Å². The van der Waals surface area contributed by atoms with E-state index in [4.69, 9.17) is 9.84 Å². The largest absolute Gasteiger partial charge is 0.481 e. The molecule has 0 aliphatic rings. The molecule has 0 aromatic heterocycles. The Kier molecular flexibility index (Phi) is 5.06. The Morgan fingerprint density at radius 2 is 1.84 bits per heavy atom. The Morgan fingerprint density at radius 3 is 2.37 bits per heavy atom. The van der Waals surface area contributed by atoms with Crippen molar-refractivity contribution in [1.82, 2.24) is 5.32 Å². The highest BCUT2D eigenvalue weighted by Crippen LogP contribution is 2.11. The van der Waals surface area contributed by atoms with Gasteiger partial charge in [0.05, 0.1) is 6.42 Å². The van der Waals surface area contributed by atoms with E-state index in [1.807, 2.05) is 6.07 Å². The number of ether oxygens (including phenoxy) is 1. The molecule has 0 aliphatic heterocycles. The molecular formula is C14H19NO4. The minimum atomic E-state index is -0.901. The Hall–Kier alpha value is -1.88. The van der Waals surface area contributed by atoms with Gasteiger partial charge >= 0.3 is 5.97 Å². The van der Waals surface area contributed by atoms with E-state index in [0.717, 1.165) is 5.56 Å². The lowest BCUT2D eigenvalue weighted by Gasteiger charge is -2.22. The van der Waals surface area contributed by atoms with E-state index in [0.29, 0.717) is 5.56 Å². The van der Waals surface area contributed by atoms with Crippen molar-refractivity contribution in [2.75, 3.05) is 7.11 Å². The van der Waals surface area contributed by atoms with E-state index < -0.39 is 11.6 Å². The van der Waals surface area contributed by atoms with Crippen molar-refractivity contribution in [2.45, 2.75) is 32.4 Å². The molecule has 2 N–H and O–H groups in total. The van der Waals surface area contributed by atoms with Crippen LogP contribution in [-0.2, 0) is 27.3 Å². The lowest BCUT2D eigenvalue weighted by atomic mass is 10.0. The van der Waals surface area contributed by atoms with Gasteiger partial charge in [-0.2, -0.15) is 0 Å². The first kappa shape index (κ1) is 15.2. The second-order valence-electron chi connectivity index (χ2n) is 4.74. The Labute approximate surface area is 112 Å². The summed E-state index contributed by atoms with van der Waals surface area (Å²) in [5.74, 6) is -1.13. The maximum Gasteiger partial charge on any atom is 0.307 e. The van der Waals surface area contributed by atoms with Gasteiger partial charge in [0.2, 0.25) is 0 Å². The number of hydrogen-bond donors (Lipinski definition) is 2. The van der Waals surface area contributed by atoms with Crippen molar-refractivity contribution < 1.29 is 19.4 Å². The first-order valence-corrected chi connectivity index (χ1v) is 5.99. The molecule has 1 rings (SSSR count). The second-order valence-corrected chi connectivity index (χ2v) is 4.74. The topological polar surface area (TPSA) is 75.6 Å². The molecule has 0 spiro atoms. The molecule has 104 valence electrons. The molecular weight excluding hydrogens is 246 g/mol. The van der Waals surface area contributed by atoms with Crippen LogP contribution in [0.1, 0.15) is 25.0 Å². The van der Waals surface area contributed by atoms with Crippen LogP contribution in [0.2, 0.25) is 0 Å². The standard InChI is InChI=1S/C14H19NO4/c1-14(2,19-3)13(18)15-9-11-7-5-4-6-10(11)8-12(16)17/h4-7H,8-9H2,1-3H3,(H,15,18)(H,16,17). The van der Waals surface area contributed by atoms with Gasteiger partial charge in [-0.3, -0.25) is 9.59 Å². The van der Waals surface area contributed by atoms with E-state index >= 15 is 0 Å². The molecule has 0 bridgehead atoms. The SMILES string of the molecule is COC(C)(C)C(=O)NCc1ccccc1CC(=O)O. The number of carbonyl (C=O) groups excluding carboxylic acids is 1. The summed E-state index contributed by atoms with van der Waals surface area (Å²) in [7, 11) is 1.47. The molecule has 1 aromatic carbocycles. The number of hydrogen-bond acceptors (Lipinski definition) is 3. The van der Waals surface area contributed by atoms with Crippen molar-refractivity contribution in [3.63, 3.8) is 0 Å². The predicted octanol–water partition coefficient (Wildman–Crippen LogP) is 1.35. The molecule has 0 aliphatic carbocycles. The molecule has 0 saturated heterocycles. The third-order valence-electron chi connectivity index (χ3n) is 2.96. The lowest BCUT2D eigenvalue weighted by molar-refractivity contribution is -0.139. The van der Waals surface area contributed by atoms with Crippen LogP contribution in [-0.4, -0.2) is 29.7 Å². The molecule has 5 heteroatoms. The molecule has 19 heavy (non-hydrogen) atoms. The highest BCUT2D eigenvalue weighted by atomic mass is 16.5. The third kappa shape index (κ3) is 4.37. The summed E-state index contributed by atoms with van der Waals surface area (Å²) in [6.45, 7) is 3.63. The van der Waals surface area contributed by atoms with Gasteiger partial charge in [-0.25, -0.2) is 0 Å². The number of aliphatic carboxylic acids is 1. The van der Waals surface area contributed by atoms with Crippen molar-refractivity contribution >= 4 is 11.9 Å². The van der Waals surface area contributed by atoms with Crippen LogP contribution < -0.4 is 5.32 Å². The van der Waals surface area contributed by atoms with Gasteiger partial charge in [-0.1, -0.05) is 24.3 Å². The Balaban J connectivity index is 2.73. The van der Waals surface area contributed by atoms with E-state index in [-0.39, 0.29) is 18.9 Å². The summed E-state index contributed by atoms with van der Waals surface area (Å²) in [4.78, 5) is 22.6. The van der Waals surface area contributed by atoms with E-state index in [1.165, 1.54) is 7.11 Å². The third-order valence-corrected chi connectivity index (χ3v) is 2.96. The number of methoxy groups -OCH3 is 1. The zero-order chi connectivity index (χ0) is 14.5. The Morgan fingerprint density at radius 1 is 1.26 bits per heavy atom. The van der Waals surface area contributed by atoms with Crippen molar-refractivity contribution in [3.8, 4) is 0 Å². The van der Waals surface area contributed by atoms with Crippen LogP contribution in [0, 0.1) is 0 Å². The smallest absolute Gasteiger partial charge is 0.307 e. The van der Waals surface area contributed by atoms with Gasteiger partial charge in [-0.05, 0) is 25.0 Å². The van der Waals surface area contributed by atoms with Gasteiger partial charge in [-0.15, -0.1) is 0 Å². The number of carbonyl (C=O) groups is 2. The molecule has 0 fully saturated rings. The average molecular weight is 265 g/mol. The summed E-state index contributed by atoms with van der Waals surface area (Å²) < 4.78 is 5.08. The molecule has 0 radical (unpaired) electrons. The van der Waals surface area contributed by atoms with Crippen LogP contribution >= 0.6 is 0 Å². The summed E-state index contributed by atoms with van der Waals surface area (Å²) in [6.07, 6.45) is -0.0558. The summed E-state index contributed by atoms with van der Waals surface area (Å²) in [5, 5.41) is 11.6. The average Bonchev–Trinajstić information content (AvgIpc) is 2.36. The highest BCUT2D eigenvalue weighted by molar-refractivity contribution is 5.84. The van der Waals surface area contributed by atoms with Gasteiger partial charge in [0.25, 0.3) is 5.91 Å². The fourth-order valence-electron chi connectivity index (χ4n) is 1.55. The highest BCUT2D eigenvalue weighted by Gasteiger charge is 2.26. The lowest BCUT2D eigenvalue weighted by Crippen LogP contribution is -2.43. The van der Waals surface area contributed by atoms with Crippen LogP contribution in [0.15, 0.2) is 24.3 Å². The zero-order valence-corrected chi connectivity index (χ0v) is 11.4. The fraction of sp³-hybridized carbons (Fsp3) is 0.429. The van der Waals surface area contributed by atoms with Crippen LogP contribution in [0.5, 0.6) is 0 Å². The Bertz CT molecular complexity index is 468. The maximum atomic E-state index is 11.9. The first-order valence-electron chi connectivity index (χ1n) is 5.99. The number of nitrogens with one attached hydrogen (secondary N) is 1. The van der Waals surface area contributed by atoms with Gasteiger partial charge in [0, 0.05) is 13.7 Å². The summed E-state index contributed by atoms with van der Waals surface area (Å²) >= 11 is 0. The predicted molar refractivity (Wildman–Crippen MR) is 70.7 cm³/mol.